The number of nitrogens with two attached hydrogens (primary N) is 1. The van der Waals surface area contributed by atoms with Gasteiger partial charge in [-0.25, -0.2) is 9.78 Å². The smallest absolute Gasteiger partial charge is 0.352 e. The Labute approximate surface area is 150 Å². The van der Waals surface area contributed by atoms with Gasteiger partial charge >= 0.3 is 5.97 Å². The van der Waals surface area contributed by atoms with Crippen LogP contribution in [0.3, 0.4) is 0 Å². The number of fused-ring (bicyclic) bond motifs is 1. The zero-order valence-corrected chi connectivity index (χ0v) is 14.3. The highest BCUT2D eigenvalue weighted by atomic mass is 32.2. The number of thioether (sulfide) groups is 1. The number of rotatable bonds is 5. The third-order valence-corrected chi connectivity index (χ3v) is 5.71. The van der Waals surface area contributed by atoms with E-state index in [-0.39, 0.29) is 16.5 Å². The molecule has 1 aromatic rings. The van der Waals surface area contributed by atoms with Gasteiger partial charge in [-0.2, -0.15) is 0 Å². The van der Waals surface area contributed by atoms with E-state index in [9.17, 15) is 19.5 Å². The minimum Gasteiger partial charge on any atom is -0.477 e. The summed E-state index contributed by atoms with van der Waals surface area (Å²) in [4.78, 5) is 40.9. The van der Waals surface area contributed by atoms with E-state index < -0.39 is 34.9 Å². The first-order chi connectivity index (χ1) is 11.8. The SMILES string of the molecule is C=CC1=C(C(=O)O)N2C(=O)[C@@H](NC(=O)C(=N)c3csc(N)n3)[C@H]2SC1. The topological polar surface area (TPSA) is 149 Å². The van der Waals surface area contributed by atoms with Gasteiger partial charge < -0.3 is 16.2 Å². The number of nitrogen functional groups attached to an aromatic ring is 1. The summed E-state index contributed by atoms with van der Waals surface area (Å²) < 4.78 is 0. The second-order valence-corrected chi connectivity index (χ2v) is 7.18. The molecule has 0 unspecified atom stereocenters. The Hall–Kier alpha value is -2.66. The van der Waals surface area contributed by atoms with Gasteiger partial charge in [-0.1, -0.05) is 12.7 Å². The van der Waals surface area contributed by atoms with Crippen LogP contribution in [0.2, 0.25) is 0 Å². The average molecular weight is 379 g/mol. The molecule has 2 aliphatic rings. The van der Waals surface area contributed by atoms with Crippen molar-refractivity contribution in [2.75, 3.05) is 11.5 Å². The molecule has 0 bridgehead atoms. The number of β-lactam (4-membered cyclic amide) rings is 1. The quantitative estimate of drug-likeness (QED) is 0.416. The van der Waals surface area contributed by atoms with Crippen molar-refractivity contribution in [3.8, 4) is 0 Å². The standard InChI is InChI=1S/C14H13N5O4S2/c1-2-5-3-24-12-8(11(21)19(12)9(5)13(22)23)18-10(20)7(15)6-4-25-14(16)17-6/h2,4,8,12,15H,1,3H2,(H2,16,17)(H,18,20)(H,22,23)/t8-,12-/m1/s1. The summed E-state index contributed by atoms with van der Waals surface area (Å²) >= 11 is 2.43. The molecule has 0 aliphatic carbocycles. The Kier molecular flexibility index (Phi) is 4.35. The lowest BCUT2D eigenvalue weighted by Gasteiger charge is -2.49. The number of allylic oxidation sites excluding steroid dienone is 1. The van der Waals surface area contributed by atoms with Gasteiger partial charge in [0.05, 0.1) is 0 Å². The maximum absolute atomic E-state index is 12.3. The number of aromatic nitrogens is 1. The fourth-order valence-corrected chi connectivity index (χ4v) is 4.43. The fourth-order valence-electron chi connectivity index (χ4n) is 2.53. The van der Waals surface area contributed by atoms with E-state index in [1.807, 2.05) is 0 Å². The number of carbonyl (C=O) groups is 3. The Morgan fingerprint density at radius 1 is 1.56 bits per heavy atom. The van der Waals surface area contributed by atoms with Crippen molar-refractivity contribution < 1.29 is 19.5 Å². The monoisotopic (exact) mass is 379 g/mol. The minimum absolute atomic E-state index is 0.114. The number of nitrogens with zero attached hydrogens (tertiary/aromatic N) is 2. The Morgan fingerprint density at radius 2 is 2.28 bits per heavy atom. The molecule has 5 N–H and O–H groups in total. The van der Waals surface area contributed by atoms with Crippen molar-refractivity contribution in [1.29, 1.82) is 5.41 Å². The summed E-state index contributed by atoms with van der Waals surface area (Å²) in [5, 5.41) is 20.8. The minimum atomic E-state index is -1.22. The van der Waals surface area contributed by atoms with Crippen LogP contribution in [0.4, 0.5) is 5.13 Å². The van der Waals surface area contributed by atoms with Crippen LogP contribution >= 0.6 is 23.1 Å². The van der Waals surface area contributed by atoms with Gasteiger partial charge in [0, 0.05) is 11.1 Å². The van der Waals surface area contributed by atoms with E-state index in [0.29, 0.717) is 11.3 Å². The molecule has 1 aromatic heterocycles. The highest BCUT2D eigenvalue weighted by Crippen LogP contribution is 2.40. The molecule has 1 saturated heterocycles. The number of carboxylic acid groups (broad SMARTS) is 1. The van der Waals surface area contributed by atoms with Crippen molar-refractivity contribution in [2.45, 2.75) is 11.4 Å². The fraction of sp³-hybridized carbons (Fsp3) is 0.214. The third kappa shape index (κ3) is 2.81. The summed E-state index contributed by atoms with van der Waals surface area (Å²) in [5.74, 6) is -2.15. The van der Waals surface area contributed by atoms with E-state index in [2.05, 4.69) is 16.9 Å². The second kappa shape index (κ2) is 6.33. The molecule has 0 aromatic carbocycles. The summed E-state index contributed by atoms with van der Waals surface area (Å²) in [5.41, 5.74) is 5.55. The maximum Gasteiger partial charge on any atom is 0.352 e. The predicted octanol–water partition coefficient (Wildman–Crippen LogP) is 0.0178. The highest BCUT2D eigenvalue weighted by Gasteiger charge is 2.54. The molecule has 2 amide bonds. The molecule has 2 atom stereocenters. The third-order valence-electron chi connectivity index (χ3n) is 3.74. The molecule has 0 spiro atoms. The molecule has 3 rings (SSSR count). The first kappa shape index (κ1) is 17.2. The van der Waals surface area contributed by atoms with Gasteiger partial charge in [-0.3, -0.25) is 19.9 Å². The molecule has 1 fully saturated rings. The first-order valence-electron chi connectivity index (χ1n) is 6.99. The number of nitrogens with one attached hydrogen (secondary N) is 2. The average Bonchev–Trinajstić information content (AvgIpc) is 3.03. The van der Waals surface area contributed by atoms with Crippen molar-refractivity contribution in [3.63, 3.8) is 0 Å². The van der Waals surface area contributed by atoms with Gasteiger partial charge in [0.15, 0.2) is 5.13 Å². The van der Waals surface area contributed by atoms with Crippen LogP contribution in [0.5, 0.6) is 0 Å². The number of anilines is 1. The largest absolute Gasteiger partial charge is 0.477 e. The van der Waals surface area contributed by atoms with Gasteiger partial charge in [0.25, 0.3) is 11.8 Å². The van der Waals surface area contributed by atoms with Gasteiger partial charge in [0.2, 0.25) is 0 Å². The molecular formula is C14H13N5O4S2. The molecule has 3 heterocycles. The lowest BCUT2D eigenvalue weighted by Crippen LogP contribution is -2.71. The summed E-state index contributed by atoms with van der Waals surface area (Å²) in [6.07, 6.45) is 1.41. The molecule has 0 saturated carbocycles. The molecule has 130 valence electrons. The van der Waals surface area contributed by atoms with Crippen LogP contribution in [0.1, 0.15) is 5.69 Å². The zero-order valence-electron chi connectivity index (χ0n) is 12.7. The van der Waals surface area contributed by atoms with E-state index in [0.717, 1.165) is 16.2 Å². The number of aliphatic carboxylic acids is 1. The van der Waals surface area contributed by atoms with Crippen LogP contribution in [0.15, 0.2) is 29.3 Å². The van der Waals surface area contributed by atoms with Crippen molar-refractivity contribution in [1.82, 2.24) is 15.2 Å². The van der Waals surface area contributed by atoms with Crippen molar-refractivity contribution in [3.05, 3.63) is 35.0 Å². The molecule has 25 heavy (non-hydrogen) atoms. The van der Waals surface area contributed by atoms with Crippen LogP contribution in [-0.4, -0.2) is 55.7 Å². The van der Waals surface area contributed by atoms with E-state index >= 15 is 0 Å². The van der Waals surface area contributed by atoms with E-state index in [1.165, 1.54) is 23.2 Å². The normalized spacial score (nSPS) is 22.1. The maximum atomic E-state index is 12.3. The highest BCUT2D eigenvalue weighted by molar-refractivity contribution is 8.00. The molecule has 9 nitrogen and oxygen atoms in total. The molecule has 0 radical (unpaired) electrons. The van der Waals surface area contributed by atoms with Crippen LogP contribution in [0, 0.1) is 5.41 Å². The number of carboxylic acids is 1. The Morgan fingerprint density at radius 3 is 2.84 bits per heavy atom. The van der Waals surface area contributed by atoms with E-state index in [4.69, 9.17) is 11.1 Å². The van der Waals surface area contributed by atoms with Crippen molar-refractivity contribution >= 4 is 51.7 Å². The first-order valence-corrected chi connectivity index (χ1v) is 8.92. The summed E-state index contributed by atoms with van der Waals surface area (Å²) in [7, 11) is 0. The summed E-state index contributed by atoms with van der Waals surface area (Å²) in [6.45, 7) is 3.57. The van der Waals surface area contributed by atoms with E-state index in [1.54, 1.807) is 0 Å². The number of hydrogen-bond acceptors (Lipinski definition) is 8. The number of amides is 2. The Balaban J connectivity index is 1.75. The number of thiazole rings is 1. The molecule has 2 aliphatic heterocycles. The van der Waals surface area contributed by atoms with Gasteiger partial charge in [-0.15, -0.1) is 23.1 Å². The second-order valence-electron chi connectivity index (χ2n) is 5.19. The number of carbonyl (C=O) groups excluding carboxylic acids is 2. The van der Waals surface area contributed by atoms with Gasteiger partial charge in [0.1, 0.15) is 28.5 Å². The zero-order chi connectivity index (χ0) is 18.3. The predicted molar refractivity (Wildman–Crippen MR) is 93.2 cm³/mol. The van der Waals surface area contributed by atoms with Crippen LogP contribution in [0.25, 0.3) is 0 Å². The van der Waals surface area contributed by atoms with Crippen molar-refractivity contribution in [2.24, 2.45) is 0 Å². The Bertz CT molecular complexity index is 846. The summed E-state index contributed by atoms with van der Waals surface area (Å²) in [6, 6.07) is -0.894. The van der Waals surface area contributed by atoms with Crippen LogP contribution < -0.4 is 11.1 Å². The number of hydrogen-bond donors (Lipinski definition) is 4. The molecular weight excluding hydrogens is 366 g/mol. The lowest BCUT2D eigenvalue weighted by atomic mass is 10.0. The molecule has 11 heteroatoms. The van der Waals surface area contributed by atoms with Crippen LogP contribution in [-0.2, 0) is 14.4 Å². The van der Waals surface area contributed by atoms with Gasteiger partial charge in [-0.05, 0) is 5.57 Å². The lowest BCUT2D eigenvalue weighted by molar-refractivity contribution is -0.150.